The molecule has 0 aromatic carbocycles. The Labute approximate surface area is 104 Å². The number of rotatable bonds is 3. The highest BCUT2D eigenvalue weighted by Gasteiger charge is 2.11. The number of nitrogens with zero attached hydrogens (tertiary/aromatic N) is 2. The van der Waals surface area contributed by atoms with Gasteiger partial charge in [-0.2, -0.15) is 0 Å². The van der Waals surface area contributed by atoms with Gasteiger partial charge in [-0.3, -0.25) is 4.57 Å². The van der Waals surface area contributed by atoms with Crippen LogP contribution in [0.3, 0.4) is 0 Å². The molecule has 2 rings (SSSR count). The molecule has 0 radical (unpaired) electrons. The van der Waals surface area contributed by atoms with Crippen molar-refractivity contribution in [2.45, 2.75) is 20.8 Å². The molecule has 18 heavy (non-hydrogen) atoms. The molecule has 5 nitrogen and oxygen atoms in total. The summed E-state index contributed by atoms with van der Waals surface area (Å²) < 4.78 is 6.95. The summed E-state index contributed by atoms with van der Waals surface area (Å²) in [6, 6.07) is 3.71. The third kappa shape index (κ3) is 2.20. The maximum atomic E-state index is 10.4. The molecule has 0 N–H and O–H groups in total. The number of hydrogen-bond donors (Lipinski definition) is 0. The Morgan fingerprint density at radius 2 is 2.11 bits per heavy atom. The first kappa shape index (κ1) is 12.2. The van der Waals surface area contributed by atoms with E-state index in [1.54, 1.807) is 0 Å². The van der Waals surface area contributed by atoms with Crippen LogP contribution in [0.15, 0.2) is 22.7 Å². The van der Waals surface area contributed by atoms with Gasteiger partial charge in [-0.15, -0.1) is 0 Å². The average Bonchev–Trinajstić information content (AvgIpc) is 2.81. The zero-order valence-electron chi connectivity index (χ0n) is 10.4. The summed E-state index contributed by atoms with van der Waals surface area (Å²) in [6.45, 7) is 5.64. The van der Waals surface area contributed by atoms with Crippen LogP contribution < -0.4 is 5.11 Å². The number of hydrogen-bond acceptors (Lipinski definition) is 4. The maximum Gasteiger partial charge on any atom is 0.180 e. The molecule has 2 aromatic heterocycles. The molecule has 0 atom stereocenters. The second-order valence-electron chi connectivity index (χ2n) is 4.11. The Bertz CT molecular complexity index is 620. The summed E-state index contributed by atoms with van der Waals surface area (Å²) >= 11 is 0. The van der Waals surface area contributed by atoms with Crippen LogP contribution >= 0.6 is 0 Å². The zero-order chi connectivity index (χ0) is 13.3. The van der Waals surface area contributed by atoms with Crippen LogP contribution in [0.1, 0.15) is 22.7 Å². The van der Waals surface area contributed by atoms with E-state index in [0.717, 1.165) is 28.8 Å². The van der Waals surface area contributed by atoms with Crippen molar-refractivity contribution in [3.8, 4) is 5.82 Å². The van der Waals surface area contributed by atoms with Gasteiger partial charge in [0.1, 0.15) is 5.76 Å². The molecule has 94 valence electrons. The Morgan fingerprint density at radius 1 is 1.39 bits per heavy atom. The zero-order valence-corrected chi connectivity index (χ0v) is 10.4. The summed E-state index contributed by atoms with van der Waals surface area (Å²) in [5.41, 5.74) is 2.68. The Hall–Kier alpha value is -2.30. The van der Waals surface area contributed by atoms with Crippen LogP contribution in [-0.2, 0) is 4.79 Å². The van der Waals surface area contributed by atoms with Crippen LogP contribution in [0.5, 0.6) is 0 Å². The molecule has 0 saturated heterocycles. The van der Waals surface area contributed by atoms with E-state index in [1.165, 1.54) is 6.08 Å². The number of aliphatic carboxylic acids is 1. The molecular weight excluding hydrogens is 232 g/mol. The topological polar surface area (TPSA) is 71.1 Å². The van der Waals surface area contributed by atoms with Gasteiger partial charge in [0, 0.05) is 17.5 Å². The monoisotopic (exact) mass is 245 g/mol. The minimum atomic E-state index is -1.21. The number of carboxylic acid groups (broad SMARTS) is 1. The van der Waals surface area contributed by atoms with E-state index in [2.05, 4.69) is 5.16 Å². The number of carbonyl (C=O) groups is 1. The molecule has 0 fully saturated rings. The average molecular weight is 245 g/mol. The molecular formula is C13H13N2O3-. The first-order valence-corrected chi connectivity index (χ1v) is 5.50. The Kier molecular flexibility index (Phi) is 3.06. The van der Waals surface area contributed by atoms with Gasteiger partial charge in [-0.05, 0) is 38.5 Å². The van der Waals surface area contributed by atoms with E-state index in [-0.39, 0.29) is 0 Å². The Balaban J connectivity index is 2.47. The highest BCUT2D eigenvalue weighted by atomic mass is 16.5. The van der Waals surface area contributed by atoms with Gasteiger partial charge in [-0.1, -0.05) is 11.2 Å². The minimum Gasteiger partial charge on any atom is -0.545 e. The largest absolute Gasteiger partial charge is 0.545 e. The van der Waals surface area contributed by atoms with Crippen molar-refractivity contribution in [2.75, 3.05) is 0 Å². The number of aromatic nitrogens is 2. The van der Waals surface area contributed by atoms with Crippen molar-refractivity contribution in [2.24, 2.45) is 0 Å². The Morgan fingerprint density at radius 3 is 2.67 bits per heavy atom. The molecule has 0 saturated carbocycles. The second kappa shape index (κ2) is 4.52. The smallest absolute Gasteiger partial charge is 0.180 e. The maximum absolute atomic E-state index is 10.4. The fourth-order valence-corrected chi connectivity index (χ4v) is 1.93. The minimum absolute atomic E-state index is 0.690. The van der Waals surface area contributed by atoms with Crippen LogP contribution in [0, 0.1) is 20.8 Å². The quantitative estimate of drug-likeness (QED) is 0.760. The van der Waals surface area contributed by atoms with E-state index in [9.17, 15) is 9.90 Å². The summed E-state index contributed by atoms with van der Waals surface area (Å²) in [6.07, 6.45) is 2.53. The highest BCUT2D eigenvalue weighted by Crippen LogP contribution is 2.21. The van der Waals surface area contributed by atoms with E-state index < -0.39 is 5.97 Å². The lowest BCUT2D eigenvalue weighted by atomic mass is 10.2. The van der Waals surface area contributed by atoms with Crippen molar-refractivity contribution in [3.63, 3.8) is 0 Å². The second-order valence-corrected chi connectivity index (χ2v) is 4.11. The van der Waals surface area contributed by atoms with Gasteiger partial charge >= 0.3 is 0 Å². The van der Waals surface area contributed by atoms with E-state index in [1.807, 2.05) is 37.5 Å². The molecule has 0 bridgehead atoms. The third-order valence-corrected chi connectivity index (χ3v) is 2.71. The van der Waals surface area contributed by atoms with Crippen LogP contribution in [0.2, 0.25) is 0 Å². The molecule has 0 spiro atoms. The van der Waals surface area contributed by atoms with Gasteiger partial charge in [0.2, 0.25) is 0 Å². The molecule has 5 heteroatoms. The van der Waals surface area contributed by atoms with E-state index in [4.69, 9.17) is 4.52 Å². The lowest BCUT2D eigenvalue weighted by Crippen LogP contribution is -2.18. The van der Waals surface area contributed by atoms with E-state index >= 15 is 0 Å². The van der Waals surface area contributed by atoms with Crippen molar-refractivity contribution in [3.05, 3.63) is 40.9 Å². The highest BCUT2D eigenvalue weighted by molar-refractivity contribution is 5.83. The number of carboxylic acids is 1. The predicted octanol–water partition coefficient (Wildman–Crippen LogP) is 1.15. The van der Waals surface area contributed by atoms with Gasteiger partial charge in [0.25, 0.3) is 0 Å². The van der Waals surface area contributed by atoms with Gasteiger partial charge in [0.15, 0.2) is 5.82 Å². The summed E-state index contributed by atoms with van der Waals surface area (Å²) in [5, 5.41) is 14.4. The molecule has 2 aromatic rings. The fourth-order valence-electron chi connectivity index (χ4n) is 1.93. The first-order chi connectivity index (χ1) is 8.49. The van der Waals surface area contributed by atoms with Crippen LogP contribution in [0.4, 0.5) is 0 Å². The molecule has 0 aliphatic carbocycles. The van der Waals surface area contributed by atoms with Crippen LogP contribution in [-0.4, -0.2) is 15.7 Å². The lowest BCUT2D eigenvalue weighted by molar-refractivity contribution is -0.297. The van der Waals surface area contributed by atoms with Gasteiger partial charge in [-0.25, -0.2) is 0 Å². The molecule has 0 unspecified atom stereocenters. The number of aryl methyl sites for hydroxylation is 2. The lowest BCUT2D eigenvalue weighted by Gasteiger charge is -2.03. The van der Waals surface area contributed by atoms with Crippen molar-refractivity contribution < 1.29 is 14.4 Å². The fraction of sp³-hybridized carbons (Fsp3) is 0.231. The predicted molar refractivity (Wildman–Crippen MR) is 64.1 cm³/mol. The molecule has 0 amide bonds. The first-order valence-electron chi connectivity index (χ1n) is 5.50. The molecule has 2 heterocycles. The van der Waals surface area contributed by atoms with Crippen molar-refractivity contribution in [1.29, 1.82) is 0 Å². The molecule has 0 aliphatic rings. The SMILES string of the molecule is Cc1cc(-n2c(C)cc(/C=C/C(=O)[O-])c2C)no1. The van der Waals surface area contributed by atoms with E-state index in [0.29, 0.717) is 5.82 Å². The van der Waals surface area contributed by atoms with Crippen LogP contribution in [0.25, 0.3) is 11.9 Å². The summed E-state index contributed by atoms with van der Waals surface area (Å²) in [7, 11) is 0. The van der Waals surface area contributed by atoms with Gasteiger partial charge in [0.05, 0.1) is 5.97 Å². The third-order valence-electron chi connectivity index (χ3n) is 2.71. The standard InChI is InChI=1S/C13H14N2O3/c1-8-6-11(4-5-13(16)17)10(3)15(8)12-7-9(2)18-14-12/h4-7H,1-3H3,(H,16,17)/p-1/b5-4+. The van der Waals surface area contributed by atoms with Crippen molar-refractivity contribution >= 4 is 12.0 Å². The number of carbonyl (C=O) groups excluding carboxylic acids is 1. The normalized spacial score (nSPS) is 11.3. The van der Waals surface area contributed by atoms with Crippen molar-refractivity contribution in [1.82, 2.24) is 9.72 Å². The molecule has 0 aliphatic heterocycles. The summed E-state index contributed by atoms with van der Waals surface area (Å²) in [4.78, 5) is 10.4. The van der Waals surface area contributed by atoms with Gasteiger partial charge < -0.3 is 14.4 Å². The summed E-state index contributed by atoms with van der Waals surface area (Å²) in [5.74, 6) is 0.206.